The van der Waals surface area contributed by atoms with E-state index in [1.165, 1.54) is 77.0 Å². The Bertz CT molecular complexity index is 203. The van der Waals surface area contributed by atoms with Crippen LogP contribution in [0.4, 0.5) is 0 Å². The lowest BCUT2D eigenvalue weighted by Gasteiger charge is -2.39. The van der Waals surface area contributed by atoms with E-state index in [9.17, 15) is 5.11 Å². The van der Waals surface area contributed by atoms with Crippen molar-refractivity contribution in [3.63, 3.8) is 0 Å². The first-order valence-corrected chi connectivity index (χ1v) is 7.73. The van der Waals surface area contributed by atoms with Crippen LogP contribution in [0.25, 0.3) is 0 Å². The van der Waals surface area contributed by atoms with E-state index in [4.69, 9.17) is 0 Å². The predicted octanol–water partition coefficient (Wildman–Crippen LogP) is 3.38. The lowest BCUT2D eigenvalue weighted by Crippen LogP contribution is -2.53. The van der Waals surface area contributed by atoms with E-state index in [0.29, 0.717) is 12.6 Å². The van der Waals surface area contributed by atoms with Crippen LogP contribution in [0.3, 0.4) is 0 Å². The lowest BCUT2D eigenvalue weighted by atomic mass is 9.82. The van der Waals surface area contributed by atoms with Gasteiger partial charge in [-0.2, -0.15) is 0 Å². The number of hydrogen-bond acceptors (Lipinski definition) is 2. The van der Waals surface area contributed by atoms with Gasteiger partial charge in [0.2, 0.25) is 0 Å². The summed E-state index contributed by atoms with van der Waals surface area (Å²) in [4.78, 5) is 0. The first-order chi connectivity index (χ1) is 8.35. The van der Waals surface area contributed by atoms with Crippen LogP contribution < -0.4 is 5.32 Å². The number of rotatable bonds is 3. The Morgan fingerprint density at radius 1 is 0.824 bits per heavy atom. The third-order valence-electron chi connectivity index (χ3n) is 4.73. The van der Waals surface area contributed by atoms with Crippen molar-refractivity contribution in [3.8, 4) is 0 Å². The smallest absolute Gasteiger partial charge is 0.0613 e. The monoisotopic (exact) mass is 239 g/mol. The zero-order valence-electron chi connectivity index (χ0n) is 11.2. The topological polar surface area (TPSA) is 32.3 Å². The van der Waals surface area contributed by atoms with Crippen LogP contribution in [0.5, 0.6) is 0 Å². The quantitative estimate of drug-likeness (QED) is 0.791. The van der Waals surface area contributed by atoms with Gasteiger partial charge in [0.15, 0.2) is 0 Å². The van der Waals surface area contributed by atoms with Crippen LogP contribution in [0, 0.1) is 0 Å². The normalized spacial score (nSPS) is 27.4. The van der Waals surface area contributed by atoms with Gasteiger partial charge in [-0.25, -0.2) is 0 Å². The molecule has 0 radical (unpaired) electrons. The first-order valence-electron chi connectivity index (χ1n) is 7.73. The van der Waals surface area contributed by atoms with E-state index in [0.717, 1.165) is 0 Å². The van der Waals surface area contributed by atoms with Gasteiger partial charge in [0.05, 0.1) is 6.61 Å². The molecule has 2 N–H and O–H groups in total. The van der Waals surface area contributed by atoms with Crippen LogP contribution in [0.15, 0.2) is 0 Å². The van der Waals surface area contributed by atoms with Crippen molar-refractivity contribution in [2.24, 2.45) is 0 Å². The first kappa shape index (κ1) is 13.4. The van der Waals surface area contributed by atoms with Crippen LogP contribution in [-0.2, 0) is 0 Å². The van der Waals surface area contributed by atoms with Crippen LogP contribution >= 0.6 is 0 Å². The molecular formula is C15H29NO. The summed E-state index contributed by atoms with van der Waals surface area (Å²) in [7, 11) is 0. The molecule has 2 heteroatoms. The minimum atomic E-state index is 0.0580. The van der Waals surface area contributed by atoms with Gasteiger partial charge in [-0.3, -0.25) is 0 Å². The molecule has 100 valence electrons. The molecule has 0 heterocycles. The minimum Gasteiger partial charge on any atom is -0.394 e. The minimum absolute atomic E-state index is 0.0580. The van der Waals surface area contributed by atoms with Crippen molar-refractivity contribution in [2.45, 2.75) is 88.6 Å². The molecule has 0 aromatic carbocycles. The van der Waals surface area contributed by atoms with Gasteiger partial charge in [-0.15, -0.1) is 0 Å². The third kappa shape index (κ3) is 3.96. The molecule has 2 rings (SSSR count). The molecule has 0 bridgehead atoms. The molecule has 0 aliphatic heterocycles. The summed E-state index contributed by atoms with van der Waals surface area (Å²) in [5, 5.41) is 13.7. The highest BCUT2D eigenvalue weighted by molar-refractivity contribution is 4.92. The molecule has 0 aromatic heterocycles. The zero-order chi connectivity index (χ0) is 12.0. The number of aliphatic hydroxyl groups is 1. The average molecular weight is 239 g/mol. The highest BCUT2D eigenvalue weighted by Gasteiger charge is 2.31. The Kier molecular flexibility index (Phi) is 5.30. The van der Waals surface area contributed by atoms with Crippen LogP contribution in [-0.4, -0.2) is 23.3 Å². The Morgan fingerprint density at radius 3 is 1.94 bits per heavy atom. The fraction of sp³-hybridized carbons (Fsp3) is 1.00. The van der Waals surface area contributed by atoms with Gasteiger partial charge in [-0.1, -0.05) is 51.4 Å². The van der Waals surface area contributed by atoms with Crippen LogP contribution in [0.2, 0.25) is 0 Å². The Hall–Kier alpha value is -0.0800. The number of aliphatic hydroxyl groups excluding tert-OH is 1. The van der Waals surface area contributed by atoms with E-state index in [-0.39, 0.29) is 5.54 Å². The number of nitrogens with one attached hydrogen (secondary N) is 1. The van der Waals surface area contributed by atoms with Gasteiger partial charge in [-0.05, 0) is 25.7 Å². The summed E-state index contributed by atoms with van der Waals surface area (Å²) in [6.45, 7) is 0.337. The van der Waals surface area contributed by atoms with E-state index in [1.807, 2.05) is 0 Å². The molecule has 0 atom stereocenters. The summed E-state index contributed by atoms with van der Waals surface area (Å²) in [5.74, 6) is 0. The highest BCUT2D eigenvalue weighted by Crippen LogP contribution is 2.29. The van der Waals surface area contributed by atoms with Crippen molar-refractivity contribution in [2.75, 3.05) is 6.61 Å². The molecule has 2 aliphatic carbocycles. The third-order valence-corrected chi connectivity index (χ3v) is 4.73. The van der Waals surface area contributed by atoms with E-state index < -0.39 is 0 Å². The van der Waals surface area contributed by atoms with Gasteiger partial charge < -0.3 is 10.4 Å². The fourth-order valence-electron chi connectivity index (χ4n) is 3.61. The van der Waals surface area contributed by atoms with Crippen molar-refractivity contribution >= 4 is 0 Å². The van der Waals surface area contributed by atoms with Gasteiger partial charge in [0.25, 0.3) is 0 Å². The Labute approximate surface area is 106 Å². The molecule has 17 heavy (non-hydrogen) atoms. The maximum atomic E-state index is 9.83. The maximum Gasteiger partial charge on any atom is 0.0613 e. The summed E-state index contributed by atoms with van der Waals surface area (Å²) in [6.07, 6.45) is 15.8. The second kappa shape index (κ2) is 6.75. The Balaban J connectivity index is 1.90. The lowest BCUT2D eigenvalue weighted by molar-refractivity contribution is 0.110. The molecule has 2 fully saturated rings. The summed E-state index contributed by atoms with van der Waals surface area (Å²) in [5.41, 5.74) is 0.0580. The predicted molar refractivity (Wildman–Crippen MR) is 72.1 cm³/mol. The second-order valence-electron chi connectivity index (χ2n) is 6.19. The summed E-state index contributed by atoms with van der Waals surface area (Å²) < 4.78 is 0. The molecule has 0 amide bonds. The standard InChI is InChI=1S/C15H29NO/c17-13-15(11-7-2-1-3-8-12-15)16-14-9-5-4-6-10-14/h14,16-17H,1-13H2. The highest BCUT2D eigenvalue weighted by atomic mass is 16.3. The molecule has 0 unspecified atom stereocenters. The average Bonchev–Trinajstić information content (AvgIpc) is 2.34. The molecular weight excluding hydrogens is 210 g/mol. The molecule has 2 aliphatic rings. The molecule has 0 aromatic rings. The molecule has 2 nitrogen and oxygen atoms in total. The molecule has 2 saturated carbocycles. The summed E-state index contributed by atoms with van der Waals surface area (Å²) >= 11 is 0. The van der Waals surface area contributed by atoms with Gasteiger partial charge in [0.1, 0.15) is 0 Å². The fourth-order valence-corrected chi connectivity index (χ4v) is 3.61. The van der Waals surface area contributed by atoms with Crippen LogP contribution in [0.1, 0.15) is 77.0 Å². The van der Waals surface area contributed by atoms with E-state index in [2.05, 4.69) is 5.32 Å². The van der Waals surface area contributed by atoms with Gasteiger partial charge >= 0.3 is 0 Å². The van der Waals surface area contributed by atoms with Crippen molar-refractivity contribution in [1.29, 1.82) is 0 Å². The molecule has 0 spiro atoms. The van der Waals surface area contributed by atoms with Crippen molar-refractivity contribution in [1.82, 2.24) is 5.32 Å². The Morgan fingerprint density at radius 2 is 1.35 bits per heavy atom. The second-order valence-corrected chi connectivity index (χ2v) is 6.19. The van der Waals surface area contributed by atoms with E-state index >= 15 is 0 Å². The van der Waals surface area contributed by atoms with E-state index in [1.54, 1.807) is 0 Å². The van der Waals surface area contributed by atoms with Crippen molar-refractivity contribution in [3.05, 3.63) is 0 Å². The van der Waals surface area contributed by atoms with Crippen molar-refractivity contribution < 1.29 is 5.11 Å². The molecule has 0 saturated heterocycles. The SMILES string of the molecule is OCC1(NC2CCCCC2)CCCCCCC1. The zero-order valence-corrected chi connectivity index (χ0v) is 11.2. The number of hydrogen-bond donors (Lipinski definition) is 2. The maximum absolute atomic E-state index is 9.83. The van der Waals surface area contributed by atoms with Gasteiger partial charge in [0, 0.05) is 11.6 Å². The largest absolute Gasteiger partial charge is 0.394 e. The summed E-state index contributed by atoms with van der Waals surface area (Å²) in [6, 6.07) is 0.676.